The van der Waals surface area contributed by atoms with Gasteiger partial charge in [0.05, 0.1) is 9.82 Å². The van der Waals surface area contributed by atoms with E-state index in [-0.39, 0.29) is 41.3 Å². The Kier molecular flexibility index (Phi) is 9.31. The number of para-hydroxylation sites is 1. The Morgan fingerprint density at radius 1 is 1.26 bits per heavy atom. The number of likely N-dealkylation sites (tertiary alicyclic amines) is 1. The molecule has 0 aliphatic carbocycles. The molecule has 0 bridgehead atoms. The Hall–Kier alpha value is -3.68. The minimum absolute atomic E-state index is 0. The van der Waals surface area contributed by atoms with E-state index < -0.39 is 26.9 Å². The largest absolute Gasteiger partial charge is 0.370 e. The number of aromatic amines is 1. The maximum atomic E-state index is 13.3. The van der Waals surface area contributed by atoms with Crippen LogP contribution >= 0.6 is 12.4 Å². The fourth-order valence-electron chi connectivity index (χ4n) is 4.55. The standard InChI is InChI=1S/C24H29N7O5S.ClH/c25-24(26)30-10-4-5-16(15-30)13-28-23(32)22(11-17-14-27-21-9-2-1-8-20(17)21)29-37(35,36)19-7-3-6-18(12-19)31(33)34;/h1-3,6-9,12,14,16,22,27,29H,4-5,10-11,13,15H2,(H3,25,26)(H,28,32);1H/t16?,22-;/m1./s1. The van der Waals surface area contributed by atoms with Crippen molar-refractivity contribution in [2.75, 3.05) is 19.6 Å². The molecule has 2 atom stereocenters. The molecule has 1 fully saturated rings. The summed E-state index contributed by atoms with van der Waals surface area (Å²) in [5.74, 6) is -0.471. The van der Waals surface area contributed by atoms with Crippen molar-refractivity contribution in [3.05, 3.63) is 70.4 Å². The summed E-state index contributed by atoms with van der Waals surface area (Å²) in [7, 11) is -4.26. The number of hydrogen-bond donors (Lipinski definition) is 5. The van der Waals surface area contributed by atoms with E-state index in [0.29, 0.717) is 19.6 Å². The van der Waals surface area contributed by atoms with Crippen molar-refractivity contribution in [1.29, 1.82) is 5.41 Å². The van der Waals surface area contributed by atoms with Gasteiger partial charge in [-0.3, -0.25) is 20.3 Å². The molecule has 0 saturated carbocycles. The molecule has 1 aromatic heterocycles. The van der Waals surface area contributed by atoms with Crippen LogP contribution in [-0.2, 0) is 21.2 Å². The van der Waals surface area contributed by atoms with Crippen LogP contribution in [0.5, 0.6) is 0 Å². The van der Waals surface area contributed by atoms with Crippen molar-refractivity contribution in [1.82, 2.24) is 19.9 Å². The van der Waals surface area contributed by atoms with E-state index >= 15 is 0 Å². The molecule has 38 heavy (non-hydrogen) atoms. The number of piperidine rings is 1. The Morgan fingerprint density at radius 2 is 2.03 bits per heavy atom. The van der Waals surface area contributed by atoms with Crippen molar-refractivity contribution >= 4 is 50.9 Å². The van der Waals surface area contributed by atoms with Crippen LogP contribution in [0.1, 0.15) is 18.4 Å². The average molecular weight is 564 g/mol. The molecule has 1 aliphatic heterocycles. The number of rotatable bonds is 9. The number of H-pyrrole nitrogens is 1. The minimum atomic E-state index is -4.26. The van der Waals surface area contributed by atoms with Gasteiger partial charge in [0.1, 0.15) is 6.04 Å². The molecule has 0 spiro atoms. The summed E-state index contributed by atoms with van der Waals surface area (Å²) < 4.78 is 28.8. The fourth-order valence-corrected chi connectivity index (χ4v) is 5.78. The lowest BCUT2D eigenvalue weighted by Crippen LogP contribution is -2.51. The van der Waals surface area contributed by atoms with Crippen molar-refractivity contribution < 1.29 is 18.1 Å². The van der Waals surface area contributed by atoms with Gasteiger partial charge in [-0.15, -0.1) is 12.4 Å². The topological polar surface area (TPSA) is 187 Å². The number of non-ortho nitro benzene ring substituents is 1. The number of nitrogens with one attached hydrogen (secondary N) is 4. The zero-order valence-electron chi connectivity index (χ0n) is 20.4. The molecule has 12 nitrogen and oxygen atoms in total. The third kappa shape index (κ3) is 6.79. The van der Waals surface area contributed by atoms with E-state index in [1.165, 1.54) is 18.2 Å². The fraction of sp³-hybridized carbons (Fsp3) is 0.333. The molecule has 2 heterocycles. The molecule has 3 aromatic rings. The summed E-state index contributed by atoms with van der Waals surface area (Å²) in [6.45, 7) is 1.51. The van der Waals surface area contributed by atoms with Crippen LogP contribution in [0, 0.1) is 21.4 Å². The number of aromatic nitrogens is 1. The summed E-state index contributed by atoms with van der Waals surface area (Å²) in [4.78, 5) is 28.3. The lowest BCUT2D eigenvalue weighted by Gasteiger charge is -2.33. The van der Waals surface area contributed by atoms with E-state index in [4.69, 9.17) is 11.1 Å². The molecule has 1 unspecified atom stereocenters. The molecule has 0 radical (unpaired) electrons. The Balaban J connectivity index is 0.00000400. The predicted octanol–water partition coefficient (Wildman–Crippen LogP) is 2.11. The van der Waals surface area contributed by atoms with Crippen LogP contribution in [0.15, 0.2) is 59.6 Å². The third-order valence-corrected chi connectivity index (χ3v) is 7.95. The van der Waals surface area contributed by atoms with E-state index in [0.717, 1.165) is 35.4 Å². The summed E-state index contributed by atoms with van der Waals surface area (Å²) in [5.41, 5.74) is 6.84. The monoisotopic (exact) mass is 563 g/mol. The van der Waals surface area contributed by atoms with Crippen molar-refractivity contribution in [3.63, 3.8) is 0 Å². The van der Waals surface area contributed by atoms with Crippen LogP contribution in [0.3, 0.4) is 0 Å². The number of nitro groups is 1. The third-order valence-electron chi connectivity index (χ3n) is 6.48. The number of benzene rings is 2. The second-order valence-electron chi connectivity index (χ2n) is 9.08. The molecule has 1 amide bonds. The number of nitrogens with two attached hydrogens (primary N) is 1. The molecule has 204 valence electrons. The first-order chi connectivity index (χ1) is 17.6. The van der Waals surface area contributed by atoms with Crippen LogP contribution in [0.25, 0.3) is 10.9 Å². The number of fused-ring (bicyclic) bond motifs is 1. The van der Waals surface area contributed by atoms with E-state index in [1.807, 2.05) is 24.3 Å². The van der Waals surface area contributed by atoms with Gasteiger partial charge in [-0.1, -0.05) is 24.3 Å². The predicted molar refractivity (Wildman–Crippen MR) is 146 cm³/mol. The maximum absolute atomic E-state index is 13.3. The highest BCUT2D eigenvalue weighted by Gasteiger charge is 2.29. The van der Waals surface area contributed by atoms with E-state index in [9.17, 15) is 23.3 Å². The van der Waals surface area contributed by atoms with Crippen LogP contribution in [0.4, 0.5) is 5.69 Å². The van der Waals surface area contributed by atoms with E-state index in [1.54, 1.807) is 11.1 Å². The summed E-state index contributed by atoms with van der Waals surface area (Å²) in [6, 6.07) is 11.0. The highest BCUT2D eigenvalue weighted by atomic mass is 35.5. The normalized spacial score (nSPS) is 16.4. The zero-order valence-corrected chi connectivity index (χ0v) is 22.1. The maximum Gasteiger partial charge on any atom is 0.270 e. The van der Waals surface area contributed by atoms with E-state index in [2.05, 4.69) is 15.0 Å². The number of sulfonamides is 1. The molecular formula is C24H30ClN7O5S. The molecule has 1 saturated heterocycles. The molecule has 14 heteroatoms. The number of guanidine groups is 1. The molecule has 4 rings (SSSR count). The lowest BCUT2D eigenvalue weighted by molar-refractivity contribution is -0.385. The zero-order chi connectivity index (χ0) is 26.6. The number of amides is 1. The molecular weight excluding hydrogens is 534 g/mol. The van der Waals surface area contributed by atoms with Crippen molar-refractivity contribution in [3.8, 4) is 0 Å². The van der Waals surface area contributed by atoms with Gasteiger partial charge in [0.15, 0.2) is 5.96 Å². The average Bonchev–Trinajstić information content (AvgIpc) is 3.29. The van der Waals surface area contributed by atoms with Gasteiger partial charge in [0.2, 0.25) is 15.9 Å². The second-order valence-corrected chi connectivity index (χ2v) is 10.8. The minimum Gasteiger partial charge on any atom is -0.370 e. The van der Waals surface area contributed by atoms with Gasteiger partial charge in [-0.2, -0.15) is 4.72 Å². The summed E-state index contributed by atoms with van der Waals surface area (Å²) >= 11 is 0. The number of halogens is 1. The van der Waals surface area contributed by atoms with Gasteiger partial charge in [-0.25, -0.2) is 8.42 Å². The van der Waals surface area contributed by atoms with Crippen LogP contribution in [0.2, 0.25) is 0 Å². The van der Waals surface area contributed by atoms with Gasteiger partial charge in [0, 0.05) is 48.9 Å². The summed E-state index contributed by atoms with van der Waals surface area (Å²) in [5, 5.41) is 22.5. The number of nitro benzene ring substituents is 1. The van der Waals surface area contributed by atoms with Gasteiger partial charge < -0.3 is 20.9 Å². The number of carbonyl (C=O) groups excluding carboxylic acids is 1. The number of hydrogen-bond acceptors (Lipinski definition) is 6. The quantitative estimate of drug-likeness (QED) is 0.114. The Morgan fingerprint density at radius 3 is 2.76 bits per heavy atom. The SMILES string of the molecule is Cl.N=C(N)N1CCCC(CNC(=O)[C@@H](Cc2c[nH]c3ccccc23)NS(=O)(=O)c2cccc([N+](=O)[O-])c2)C1. The Labute approximate surface area is 226 Å². The smallest absolute Gasteiger partial charge is 0.270 e. The van der Waals surface area contributed by atoms with Crippen LogP contribution < -0.4 is 15.8 Å². The summed E-state index contributed by atoms with van der Waals surface area (Å²) in [6.07, 6.45) is 3.47. The number of nitrogens with zero attached hydrogens (tertiary/aromatic N) is 2. The Bertz CT molecular complexity index is 1430. The van der Waals surface area contributed by atoms with Crippen molar-refractivity contribution in [2.45, 2.75) is 30.2 Å². The first-order valence-corrected chi connectivity index (χ1v) is 13.3. The molecule has 6 N–H and O–H groups in total. The highest BCUT2D eigenvalue weighted by Crippen LogP contribution is 2.22. The second kappa shape index (κ2) is 12.2. The molecule has 1 aliphatic rings. The number of carbonyl (C=O) groups is 1. The lowest BCUT2D eigenvalue weighted by atomic mass is 9.98. The molecule has 2 aromatic carbocycles. The van der Waals surface area contributed by atoms with Crippen LogP contribution in [-0.4, -0.2) is 60.8 Å². The first kappa shape index (κ1) is 28.9. The first-order valence-electron chi connectivity index (χ1n) is 11.8. The van der Waals surface area contributed by atoms with Crippen molar-refractivity contribution in [2.24, 2.45) is 11.7 Å². The highest BCUT2D eigenvalue weighted by molar-refractivity contribution is 7.89. The van der Waals surface area contributed by atoms with Gasteiger partial charge in [-0.05, 0) is 42.9 Å². The van der Waals surface area contributed by atoms with Gasteiger partial charge >= 0.3 is 0 Å². The van der Waals surface area contributed by atoms with Gasteiger partial charge in [0.25, 0.3) is 5.69 Å².